The molecule has 0 aliphatic carbocycles. The summed E-state index contributed by atoms with van der Waals surface area (Å²) in [5.41, 5.74) is 6.34. The monoisotopic (exact) mass is 238 g/mol. The molecule has 0 spiro atoms. The van der Waals surface area contributed by atoms with Crippen molar-refractivity contribution in [2.24, 2.45) is 5.73 Å². The van der Waals surface area contributed by atoms with E-state index in [1.807, 2.05) is 6.07 Å². The summed E-state index contributed by atoms with van der Waals surface area (Å²) in [5, 5.41) is 3.91. The van der Waals surface area contributed by atoms with E-state index in [1.54, 1.807) is 0 Å². The summed E-state index contributed by atoms with van der Waals surface area (Å²) in [6.45, 7) is 10.3. The van der Waals surface area contributed by atoms with Gasteiger partial charge in [-0.1, -0.05) is 5.16 Å². The first-order valence-electron chi connectivity index (χ1n) is 6.30. The van der Waals surface area contributed by atoms with E-state index in [2.05, 4.69) is 28.8 Å². The summed E-state index contributed by atoms with van der Waals surface area (Å²) in [6.07, 6.45) is 0. The lowest BCUT2D eigenvalue weighted by Crippen LogP contribution is -2.48. The molecule has 96 valence electrons. The Morgan fingerprint density at radius 3 is 2.59 bits per heavy atom. The van der Waals surface area contributed by atoms with E-state index in [-0.39, 0.29) is 0 Å². The van der Waals surface area contributed by atoms with Crippen LogP contribution in [0.1, 0.15) is 25.3 Å². The number of nitrogens with zero attached hydrogens (tertiary/aromatic N) is 3. The smallest absolute Gasteiger partial charge is 0.151 e. The van der Waals surface area contributed by atoms with Gasteiger partial charge in [0, 0.05) is 44.8 Å². The molecule has 1 aromatic rings. The highest BCUT2D eigenvalue weighted by Gasteiger charge is 2.19. The van der Waals surface area contributed by atoms with Crippen molar-refractivity contribution in [3.63, 3.8) is 0 Å². The molecule has 1 saturated heterocycles. The second-order valence-corrected chi connectivity index (χ2v) is 4.89. The van der Waals surface area contributed by atoms with Crippen molar-refractivity contribution in [3.8, 4) is 0 Å². The van der Waals surface area contributed by atoms with Crippen molar-refractivity contribution in [1.29, 1.82) is 0 Å². The Labute approximate surface area is 103 Å². The van der Waals surface area contributed by atoms with Crippen molar-refractivity contribution >= 4 is 0 Å². The van der Waals surface area contributed by atoms with Gasteiger partial charge in [0.1, 0.15) is 0 Å². The lowest BCUT2D eigenvalue weighted by atomic mass is 10.2. The molecule has 5 heteroatoms. The molecule has 0 unspecified atom stereocenters. The van der Waals surface area contributed by atoms with Gasteiger partial charge in [-0.05, 0) is 13.8 Å². The Kier molecular flexibility index (Phi) is 4.15. The van der Waals surface area contributed by atoms with Crippen LogP contribution in [0.4, 0.5) is 0 Å². The van der Waals surface area contributed by atoms with Crippen molar-refractivity contribution in [2.45, 2.75) is 33.0 Å². The van der Waals surface area contributed by atoms with Gasteiger partial charge in [0.2, 0.25) is 0 Å². The number of nitrogens with two attached hydrogens (primary N) is 1. The van der Waals surface area contributed by atoms with Crippen LogP contribution in [0.3, 0.4) is 0 Å². The van der Waals surface area contributed by atoms with Crippen molar-refractivity contribution in [1.82, 2.24) is 15.0 Å². The van der Waals surface area contributed by atoms with E-state index >= 15 is 0 Å². The SMILES string of the molecule is CC(C)N1CCN(Cc2cc(CN)no2)CC1. The van der Waals surface area contributed by atoms with E-state index in [0.29, 0.717) is 12.6 Å². The summed E-state index contributed by atoms with van der Waals surface area (Å²) in [5.74, 6) is 0.920. The fourth-order valence-electron chi connectivity index (χ4n) is 2.18. The summed E-state index contributed by atoms with van der Waals surface area (Å²) in [6, 6.07) is 2.60. The molecule has 0 bridgehead atoms. The maximum absolute atomic E-state index is 5.51. The molecule has 0 aromatic carbocycles. The lowest BCUT2D eigenvalue weighted by Gasteiger charge is -2.36. The van der Waals surface area contributed by atoms with Crippen LogP contribution in [0.15, 0.2) is 10.6 Å². The highest BCUT2D eigenvalue weighted by molar-refractivity contribution is 5.04. The Morgan fingerprint density at radius 1 is 1.35 bits per heavy atom. The third kappa shape index (κ3) is 3.28. The first kappa shape index (κ1) is 12.5. The first-order valence-corrected chi connectivity index (χ1v) is 6.30. The highest BCUT2D eigenvalue weighted by atomic mass is 16.5. The van der Waals surface area contributed by atoms with E-state index in [9.17, 15) is 0 Å². The zero-order valence-electron chi connectivity index (χ0n) is 10.7. The number of piperazine rings is 1. The van der Waals surface area contributed by atoms with Crippen LogP contribution < -0.4 is 5.73 Å². The van der Waals surface area contributed by atoms with Gasteiger partial charge in [-0.2, -0.15) is 0 Å². The van der Waals surface area contributed by atoms with Gasteiger partial charge in [-0.25, -0.2) is 0 Å². The fourth-order valence-corrected chi connectivity index (χ4v) is 2.18. The summed E-state index contributed by atoms with van der Waals surface area (Å²) in [4.78, 5) is 4.90. The van der Waals surface area contributed by atoms with Gasteiger partial charge >= 0.3 is 0 Å². The van der Waals surface area contributed by atoms with Gasteiger partial charge in [-0.15, -0.1) is 0 Å². The second kappa shape index (κ2) is 5.62. The first-order chi connectivity index (χ1) is 8.19. The van der Waals surface area contributed by atoms with Crippen molar-refractivity contribution in [3.05, 3.63) is 17.5 Å². The largest absolute Gasteiger partial charge is 0.360 e. The molecule has 2 N–H and O–H groups in total. The quantitative estimate of drug-likeness (QED) is 0.835. The Morgan fingerprint density at radius 2 is 2.06 bits per heavy atom. The van der Waals surface area contributed by atoms with Crippen molar-refractivity contribution in [2.75, 3.05) is 26.2 Å². The molecule has 0 radical (unpaired) electrons. The van der Waals surface area contributed by atoms with Gasteiger partial charge in [0.15, 0.2) is 5.76 Å². The minimum atomic E-state index is 0.449. The second-order valence-electron chi connectivity index (χ2n) is 4.89. The molecule has 17 heavy (non-hydrogen) atoms. The van der Waals surface area contributed by atoms with Crippen LogP contribution >= 0.6 is 0 Å². The molecule has 1 aromatic heterocycles. The van der Waals surface area contributed by atoms with Crippen LogP contribution in [-0.4, -0.2) is 47.2 Å². The standard InChI is InChI=1S/C12H22N4O/c1-10(2)16-5-3-15(4-6-16)9-12-7-11(8-13)14-17-12/h7,10H,3-6,8-9,13H2,1-2H3. The predicted octanol–water partition coefficient (Wildman–Crippen LogP) is 0.659. The molecular weight excluding hydrogens is 216 g/mol. The molecule has 5 nitrogen and oxygen atoms in total. The predicted molar refractivity (Wildman–Crippen MR) is 66.4 cm³/mol. The number of hydrogen-bond donors (Lipinski definition) is 1. The summed E-state index contributed by atoms with van der Waals surface area (Å²) < 4.78 is 5.25. The maximum Gasteiger partial charge on any atom is 0.151 e. The van der Waals surface area contributed by atoms with Crippen LogP contribution in [-0.2, 0) is 13.1 Å². The normalized spacial score (nSPS) is 19.1. The van der Waals surface area contributed by atoms with Crippen LogP contribution in [0, 0.1) is 0 Å². The third-order valence-corrected chi connectivity index (χ3v) is 3.33. The number of rotatable bonds is 4. The molecular formula is C12H22N4O. The molecule has 2 rings (SSSR count). The number of aromatic nitrogens is 1. The third-order valence-electron chi connectivity index (χ3n) is 3.33. The van der Waals surface area contributed by atoms with Crippen LogP contribution in [0.25, 0.3) is 0 Å². The number of hydrogen-bond acceptors (Lipinski definition) is 5. The summed E-state index contributed by atoms with van der Waals surface area (Å²) in [7, 11) is 0. The average molecular weight is 238 g/mol. The van der Waals surface area contributed by atoms with E-state index < -0.39 is 0 Å². The average Bonchev–Trinajstić information content (AvgIpc) is 2.77. The minimum Gasteiger partial charge on any atom is -0.360 e. The van der Waals surface area contributed by atoms with E-state index in [0.717, 1.165) is 44.2 Å². The van der Waals surface area contributed by atoms with Gasteiger partial charge in [0.25, 0.3) is 0 Å². The Balaban J connectivity index is 1.81. The topological polar surface area (TPSA) is 58.5 Å². The highest BCUT2D eigenvalue weighted by Crippen LogP contribution is 2.11. The zero-order valence-corrected chi connectivity index (χ0v) is 10.7. The molecule has 0 saturated carbocycles. The zero-order chi connectivity index (χ0) is 12.3. The summed E-state index contributed by atoms with van der Waals surface area (Å²) >= 11 is 0. The van der Waals surface area contributed by atoms with Gasteiger partial charge < -0.3 is 10.3 Å². The van der Waals surface area contributed by atoms with E-state index in [4.69, 9.17) is 10.3 Å². The molecule has 1 fully saturated rings. The van der Waals surface area contributed by atoms with Gasteiger partial charge in [-0.3, -0.25) is 9.80 Å². The molecule has 0 amide bonds. The maximum atomic E-state index is 5.51. The minimum absolute atomic E-state index is 0.449. The molecule has 2 heterocycles. The van der Waals surface area contributed by atoms with Crippen LogP contribution in [0.2, 0.25) is 0 Å². The molecule has 0 atom stereocenters. The van der Waals surface area contributed by atoms with E-state index in [1.165, 1.54) is 0 Å². The fraction of sp³-hybridized carbons (Fsp3) is 0.750. The molecule has 1 aliphatic heterocycles. The Bertz CT molecular complexity index is 342. The molecule has 1 aliphatic rings. The van der Waals surface area contributed by atoms with Gasteiger partial charge in [0.05, 0.1) is 12.2 Å². The van der Waals surface area contributed by atoms with Crippen LogP contribution in [0.5, 0.6) is 0 Å². The Hall–Kier alpha value is -0.910. The van der Waals surface area contributed by atoms with Crippen molar-refractivity contribution < 1.29 is 4.52 Å². The lowest BCUT2D eigenvalue weighted by molar-refractivity contribution is 0.0973.